The number of benzene rings is 1. The molecule has 1 aromatic rings. The second-order valence-electron chi connectivity index (χ2n) is 7.01. The number of unbranched alkanes of at least 4 members (excludes halogenated alkanes) is 2. The highest BCUT2D eigenvalue weighted by atomic mass is 16.5. The minimum atomic E-state index is -0.532. The third-order valence-corrected chi connectivity index (χ3v) is 4.43. The number of carbonyl (C=O) groups excluding carboxylic acids is 3. The van der Waals surface area contributed by atoms with Crippen LogP contribution in [0.1, 0.15) is 56.3 Å². The van der Waals surface area contributed by atoms with Crippen molar-refractivity contribution in [3.8, 4) is 0 Å². The fourth-order valence-corrected chi connectivity index (χ4v) is 3.16. The number of carbonyl (C=O) groups is 3. The first kappa shape index (κ1) is 19.9. The van der Waals surface area contributed by atoms with Gasteiger partial charge in [0.15, 0.2) is 0 Å². The largest absolute Gasteiger partial charge is 0.340 e. The molecule has 1 atom stereocenters. The Hall–Kier alpha value is -2.41. The van der Waals surface area contributed by atoms with E-state index in [1.54, 1.807) is 28.6 Å². The average Bonchev–Trinajstić information content (AvgIpc) is 2.71. The monoisotopic (exact) mass is 361 g/mol. The summed E-state index contributed by atoms with van der Waals surface area (Å²) in [5.74, 6) is -0.441. The van der Waals surface area contributed by atoms with E-state index in [-0.39, 0.29) is 24.2 Å². The molecule has 0 fully saturated rings. The number of hydrogen-bond donors (Lipinski definition) is 3. The molecule has 0 saturated heterocycles. The van der Waals surface area contributed by atoms with E-state index in [1.807, 2.05) is 19.9 Å². The Bertz CT molecular complexity index is 660. The van der Waals surface area contributed by atoms with Crippen LogP contribution in [0, 0.1) is 5.92 Å². The van der Waals surface area contributed by atoms with Crippen LogP contribution in [0.15, 0.2) is 24.3 Å². The van der Waals surface area contributed by atoms with Crippen LogP contribution in [0.2, 0.25) is 0 Å². The lowest BCUT2D eigenvalue weighted by Gasteiger charge is -2.26. The van der Waals surface area contributed by atoms with Crippen LogP contribution in [0.3, 0.4) is 0 Å². The van der Waals surface area contributed by atoms with Crippen molar-refractivity contribution in [3.63, 3.8) is 0 Å². The second-order valence-corrected chi connectivity index (χ2v) is 7.01. The van der Waals surface area contributed by atoms with Gasteiger partial charge in [0, 0.05) is 13.0 Å². The highest BCUT2D eigenvalue weighted by Crippen LogP contribution is 2.26. The molecule has 3 amide bonds. The van der Waals surface area contributed by atoms with Gasteiger partial charge in [-0.3, -0.25) is 19.6 Å². The van der Waals surface area contributed by atoms with Crippen LogP contribution >= 0.6 is 0 Å². The summed E-state index contributed by atoms with van der Waals surface area (Å²) < 4.78 is 0. The van der Waals surface area contributed by atoms with Crippen LogP contribution in [-0.4, -0.2) is 35.5 Å². The number of para-hydroxylation sites is 1. The van der Waals surface area contributed by atoms with Gasteiger partial charge in [0.1, 0.15) is 6.04 Å². The fourth-order valence-electron chi connectivity index (χ4n) is 3.16. The normalized spacial score (nSPS) is 16.9. The molecule has 0 spiro atoms. The molecule has 2 rings (SSSR count). The van der Waals surface area contributed by atoms with Crippen molar-refractivity contribution in [3.05, 3.63) is 29.8 Å². The van der Waals surface area contributed by atoms with Crippen LogP contribution in [-0.2, 0) is 9.59 Å². The Balaban J connectivity index is 2.11. The molecule has 0 unspecified atom stereocenters. The van der Waals surface area contributed by atoms with E-state index in [2.05, 4.69) is 5.32 Å². The minimum absolute atomic E-state index is 0.0925. The van der Waals surface area contributed by atoms with E-state index in [9.17, 15) is 14.4 Å². The van der Waals surface area contributed by atoms with Crippen molar-refractivity contribution < 1.29 is 19.6 Å². The zero-order valence-electron chi connectivity index (χ0n) is 15.3. The van der Waals surface area contributed by atoms with Crippen molar-refractivity contribution in [2.75, 3.05) is 11.4 Å². The van der Waals surface area contributed by atoms with Gasteiger partial charge in [0.2, 0.25) is 11.8 Å². The van der Waals surface area contributed by atoms with Gasteiger partial charge >= 0.3 is 0 Å². The van der Waals surface area contributed by atoms with Crippen LogP contribution < -0.4 is 15.7 Å². The smallest absolute Gasteiger partial charge is 0.254 e. The van der Waals surface area contributed by atoms with Crippen LogP contribution in [0.4, 0.5) is 5.69 Å². The predicted molar refractivity (Wildman–Crippen MR) is 97.9 cm³/mol. The van der Waals surface area contributed by atoms with Gasteiger partial charge in [-0.05, 0) is 37.3 Å². The van der Waals surface area contributed by atoms with Gasteiger partial charge in [-0.1, -0.05) is 32.4 Å². The Labute approximate surface area is 153 Å². The maximum absolute atomic E-state index is 13.0. The Morgan fingerprint density at radius 3 is 2.65 bits per heavy atom. The molecule has 142 valence electrons. The third kappa shape index (κ3) is 5.05. The first-order valence-electron chi connectivity index (χ1n) is 9.08. The van der Waals surface area contributed by atoms with E-state index >= 15 is 0 Å². The third-order valence-electron chi connectivity index (χ3n) is 4.43. The maximum atomic E-state index is 13.0. The van der Waals surface area contributed by atoms with Crippen molar-refractivity contribution >= 4 is 23.4 Å². The topological polar surface area (TPSA) is 98.7 Å². The number of nitrogens with one attached hydrogen (secondary N) is 2. The molecule has 0 aliphatic carbocycles. The highest BCUT2D eigenvalue weighted by molar-refractivity contribution is 6.10. The molecular weight excluding hydrogens is 334 g/mol. The fraction of sp³-hybridized carbons (Fsp3) is 0.526. The summed E-state index contributed by atoms with van der Waals surface area (Å²) in [5, 5.41) is 11.4. The zero-order valence-corrected chi connectivity index (χ0v) is 15.3. The standard InChI is InChI=1S/C19H27N3O4/c1-13(2)12-15-19(25)22(11-7-3-4-10-17(23)21-26)16-9-6-5-8-14(16)18(24)20-15/h5-6,8-9,13,15,26H,3-4,7,10-12H2,1-2H3,(H,20,24)(H,21,23)/t15-/m1/s1. The molecule has 0 radical (unpaired) electrons. The molecule has 3 N–H and O–H groups in total. The number of rotatable bonds is 8. The first-order chi connectivity index (χ1) is 12.4. The van der Waals surface area contributed by atoms with Crippen molar-refractivity contribution in [2.24, 2.45) is 5.92 Å². The number of amides is 3. The van der Waals surface area contributed by atoms with Crippen LogP contribution in [0.25, 0.3) is 0 Å². The molecule has 0 saturated carbocycles. The summed E-state index contributed by atoms with van der Waals surface area (Å²) in [7, 11) is 0. The van der Waals surface area contributed by atoms with E-state index < -0.39 is 11.9 Å². The maximum Gasteiger partial charge on any atom is 0.254 e. The molecule has 1 aliphatic rings. The Morgan fingerprint density at radius 1 is 1.23 bits per heavy atom. The molecule has 0 aromatic heterocycles. The van der Waals surface area contributed by atoms with E-state index in [4.69, 9.17) is 5.21 Å². The molecule has 26 heavy (non-hydrogen) atoms. The summed E-state index contributed by atoms with van der Waals surface area (Å²) in [6.07, 6.45) is 2.92. The molecule has 1 aliphatic heterocycles. The quantitative estimate of drug-likeness (QED) is 0.376. The molecule has 7 heteroatoms. The lowest BCUT2D eigenvalue weighted by atomic mass is 10.0. The van der Waals surface area contributed by atoms with E-state index in [0.29, 0.717) is 37.1 Å². The SMILES string of the molecule is CC(C)C[C@H]1NC(=O)c2ccccc2N(CCCCCC(=O)NO)C1=O. The van der Waals surface area contributed by atoms with Gasteiger partial charge in [0.25, 0.3) is 5.91 Å². The summed E-state index contributed by atoms with van der Waals surface area (Å²) >= 11 is 0. The summed E-state index contributed by atoms with van der Waals surface area (Å²) in [6, 6.07) is 6.60. The minimum Gasteiger partial charge on any atom is -0.340 e. The van der Waals surface area contributed by atoms with Gasteiger partial charge < -0.3 is 10.2 Å². The van der Waals surface area contributed by atoms with Gasteiger partial charge in [-0.25, -0.2) is 5.48 Å². The van der Waals surface area contributed by atoms with Gasteiger partial charge in [-0.2, -0.15) is 0 Å². The van der Waals surface area contributed by atoms with Crippen molar-refractivity contribution in [2.45, 2.75) is 52.0 Å². The highest BCUT2D eigenvalue weighted by Gasteiger charge is 2.33. The summed E-state index contributed by atoms with van der Waals surface area (Å²) in [5.41, 5.74) is 2.75. The second kappa shape index (κ2) is 9.33. The van der Waals surface area contributed by atoms with E-state index in [1.165, 1.54) is 0 Å². The number of anilines is 1. The van der Waals surface area contributed by atoms with E-state index in [0.717, 1.165) is 6.42 Å². The summed E-state index contributed by atoms with van der Waals surface area (Å²) in [4.78, 5) is 38.3. The number of hydroxylamine groups is 1. The van der Waals surface area contributed by atoms with Gasteiger partial charge in [-0.15, -0.1) is 0 Å². The lowest BCUT2D eigenvalue weighted by molar-refractivity contribution is -0.129. The van der Waals surface area contributed by atoms with Crippen LogP contribution in [0.5, 0.6) is 0 Å². The predicted octanol–water partition coefficient (Wildman–Crippen LogP) is 2.24. The molecular formula is C19H27N3O4. The molecule has 7 nitrogen and oxygen atoms in total. The number of hydrogen-bond acceptors (Lipinski definition) is 4. The summed E-state index contributed by atoms with van der Waals surface area (Å²) in [6.45, 7) is 4.53. The zero-order chi connectivity index (χ0) is 19.1. The molecule has 1 heterocycles. The molecule has 1 aromatic carbocycles. The van der Waals surface area contributed by atoms with Crippen molar-refractivity contribution in [1.29, 1.82) is 0 Å². The first-order valence-corrected chi connectivity index (χ1v) is 9.08. The average molecular weight is 361 g/mol. The van der Waals surface area contributed by atoms with Crippen molar-refractivity contribution in [1.82, 2.24) is 10.8 Å². The number of fused-ring (bicyclic) bond motifs is 1. The Morgan fingerprint density at radius 2 is 1.96 bits per heavy atom. The molecule has 0 bridgehead atoms. The number of nitrogens with zero attached hydrogens (tertiary/aromatic N) is 1. The van der Waals surface area contributed by atoms with Gasteiger partial charge in [0.05, 0.1) is 11.3 Å². The lowest BCUT2D eigenvalue weighted by Crippen LogP contribution is -2.46. The Kier molecular flexibility index (Phi) is 7.15.